The van der Waals surface area contributed by atoms with Crippen molar-refractivity contribution >= 4 is 23.2 Å². The highest BCUT2D eigenvalue weighted by atomic mass is 16.5. The van der Waals surface area contributed by atoms with Crippen molar-refractivity contribution in [3.63, 3.8) is 0 Å². The summed E-state index contributed by atoms with van der Waals surface area (Å²) in [6.07, 6.45) is 1.65. The van der Waals surface area contributed by atoms with Crippen LogP contribution >= 0.6 is 0 Å². The molecule has 0 aliphatic heterocycles. The highest BCUT2D eigenvalue weighted by molar-refractivity contribution is 6.02. The molecule has 1 aromatic heterocycles. The fourth-order valence-corrected chi connectivity index (χ4v) is 2.46. The van der Waals surface area contributed by atoms with Crippen molar-refractivity contribution in [3.8, 4) is 5.75 Å². The molecule has 132 valence electrons. The Bertz CT molecular complexity index is 886. The van der Waals surface area contributed by atoms with Gasteiger partial charge in [-0.3, -0.25) is 9.59 Å². The van der Waals surface area contributed by atoms with Gasteiger partial charge in [0.2, 0.25) is 5.91 Å². The topological polar surface area (TPSA) is 80.6 Å². The van der Waals surface area contributed by atoms with E-state index in [1.165, 1.54) is 6.26 Å². The Hall–Kier alpha value is -3.54. The number of methoxy groups -OCH3 is 1. The lowest BCUT2D eigenvalue weighted by molar-refractivity contribution is -0.115. The van der Waals surface area contributed by atoms with Gasteiger partial charge in [0.15, 0.2) is 5.76 Å². The third kappa shape index (κ3) is 4.30. The van der Waals surface area contributed by atoms with E-state index in [-0.39, 0.29) is 24.0 Å². The summed E-state index contributed by atoms with van der Waals surface area (Å²) in [5, 5.41) is 5.54. The van der Waals surface area contributed by atoms with Gasteiger partial charge in [-0.25, -0.2) is 0 Å². The second kappa shape index (κ2) is 8.02. The Morgan fingerprint density at radius 1 is 0.923 bits per heavy atom. The number of ether oxygens (including phenoxy) is 1. The predicted molar refractivity (Wildman–Crippen MR) is 98.4 cm³/mol. The van der Waals surface area contributed by atoms with E-state index < -0.39 is 0 Å². The SMILES string of the molecule is COc1ccccc1CC(=O)Nc1ccc(NC(=O)c2ccco2)cc1. The molecular weight excluding hydrogens is 332 g/mol. The Kier molecular flexibility index (Phi) is 5.34. The van der Waals surface area contributed by atoms with E-state index in [2.05, 4.69) is 10.6 Å². The molecule has 0 aliphatic rings. The maximum absolute atomic E-state index is 12.2. The lowest BCUT2D eigenvalue weighted by Crippen LogP contribution is -2.15. The lowest BCUT2D eigenvalue weighted by Gasteiger charge is -2.09. The van der Waals surface area contributed by atoms with Gasteiger partial charge >= 0.3 is 0 Å². The number of carbonyl (C=O) groups excluding carboxylic acids is 2. The number of amides is 2. The maximum Gasteiger partial charge on any atom is 0.291 e. The molecule has 2 amide bonds. The number of hydrogen-bond acceptors (Lipinski definition) is 4. The van der Waals surface area contributed by atoms with Crippen molar-refractivity contribution in [3.05, 3.63) is 78.3 Å². The first-order chi connectivity index (χ1) is 12.7. The molecule has 26 heavy (non-hydrogen) atoms. The molecule has 2 aromatic carbocycles. The van der Waals surface area contributed by atoms with Gasteiger partial charge in [0.25, 0.3) is 5.91 Å². The van der Waals surface area contributed by atoms with Crippen LogP contribution in [0.3, 0.4) is 0 Å². The molecule has 0 aliphatic carbocycles. The Balaban J connectivity index is 1.58. The number of carbonyl (C=O) groups is 2. The van der Waals surface area contributed by atoms with Crippen molar-refractivity contribution in [2.24, 2.45) is 0 Å². The van der Waals surface area contributed by atoms with Crippen LogP contribution in [0.2, 0.25) is 0 Å². The maximum atomic E-state index is 12.2. The van der Waals surface area contributed by atoms with E-state index >= 15 is 0 Å². The molecule has 6 heteroatoms. The van der Waals surface area contributed by atoms with Gasteiger partial charge in [-0.05, 0) is 42.5 Å². The Labute approximate surface area is 150 Å². The fraction of sp³-hybridized carbons (Fsp3) is 0.100. The summed E-state index contributed by atoms with van der Waals surface area (Å²) >= 11 is 0. The fourth-order valence-electron chi connectivity index (χ4n) is 2.46. The standard InChI is InChI=1S/C20H18N2O4/c1-25-17-6-3-2-5-14(17)13-19(23)21-15-8-10-16(11-9-15)22-20(24)18-7-4-12-26-18/h2-12H,13H2,1H3,(H,21,23)(H,22,24). The first-order valence-corrected chi connectivity index (χ1v) is 8.02. The third-order valence-electron chi connectivity index (χ3n) is 3.72. The average Bonchev–Trinajstić information content (AvgIpc) is 3.18. The van der Waals surface area contributed by atoms with Crippen molar-refractivity contribution in [1.82, 2.24) is 0 Å². The van der Waals surface area contributed by atoms with Crippen LogP contribution in [-0.2, 0) is 11.2 Å². The first kappa shape index (κ1) is 17.3. The van der Waals surface area contributed by atoms with E-state index in [4.69, 9.17) is 9.15 Å². The molecule has 0 fully saturated rings. The van der Waals surface area contributed by atoms with Crippen molar-refractivity contribution in [1.29, 1.82) is 0 Å². The number of benzene rings is 2. The predicted octanol–water partition coefficient (Wildman–Crippen LogP) is 3.72. The van der Waals surface area contributed by atoms with Gasteiger partial charge in [0, 0.05) is 16.9 Å². The molecule has 2 N–H and O–H groups in total. The molecule has 3 rings (SSSR count). The molecular formula is C20H18N2O4. The minimum atomic E-state index is -0.331. The molecule has 1 heterocycles. The van der Waals surface area contributed by atoms with Gasteiger partial charge in [-0.1, -0.05) is 18.2 Å². The van der Waals surface area contributed by atoms with Gasteiger partial charge < -0.3 is 19.8 Å². The van der Waals surface area contributed by atoms with Crippen LogP contribution in [0.5, 0.6) is 5.75 Å². The molecule has 0 bridgehead atoms. The summed E-state index contributed by atoms with van der Waals surface area (Å²) in [5.41, 5.74) is 2.06. The quantitative estimate of drug-likeness (QED) is 0.710. The van der Waals surface area contributed by atoms with E-state index in [9.17, 15) is 9.59 Å². The number of furan rings is 1. The van der Waals surface area contributed by atoms with E-state index in [1.54, 1.807) is 43.5 Å². The number of rotatable bonds is 6. The molecule has 0 unspecified atom stereocenters. The van der Waals surface area contributed by atoms with E-state index in [1.807, 2.05) is 24.3 Å². The highest BCUT2D eigenvalue weighted by Gasteiger charge is 2.10. The molecule has 0 saturated carbocycles. The van der Waals surface area contributed by atoms with E-state index in [0.29, 0.717) is 17.1 Å². The van der Waals surface area contributed by atoms with Crippen LogP contribution in [0.25, 0.3) is 0 Å². The smallest absolute Gasteiger partial charge is 0.291 e. The Morgan fingerprint density at radius 2 is 1.62 bits per heavy atom. The van der Waals surface area contributed by atoms with Crippen LogP contribution in [0.15, 0.2) is 71.3 Å². The van der Waals surface area contributed by atoms with Crippen LogP contribution in [0.1, 0.15) is 16.1 Å². The number of anilines is 2. The average molecular weight is 350 g/mol. The molecule has 0 radical (unpaired) electrons. The minimum absolute atomic E-state index is 0.151. The molecule has 6 nitrogen and oxygen atoms in total. The largest absolute Gasteiger partial charge is 0.496 e. The second-order valence-electron chi connectivity index (χ2n) is 5.55. The summed E-state index contributed by atoms with van der Waals surface area (Å²) in [6.45, 7) is 0. The zero-order valence-corrected chi connectivity index (χ0v) is 14.2. The summed E-state index contributed by atoms with van der Waals surface area (Å²) in [7, 11) is 1.58. The van der Waals surface area contributed by atoms with Gasteiger partial charge in [-0.15, -0.1) is 0 Å². The Morgan fingerprint density at radius 3 is 2.27 bits per heavy atom. The number of nitrogens with one attached hydrogen (secondary N) is 2. The van der Waals surface area contributed by atoms with Crippen LogP contribution in [-0.4, -0.2) is 18.9 Å². The molecule has 0 atom stereocenters. The second-order valence-corrected chi connectivity index (χ2v) is 5.55. The van der Waals surface area contributed by atoms with Gasteiger partial charge in [0.05, 0.1) is 19.8 Å². The minimum Gasteiger partial charge on any atom is -0.496 e. The van der Waals surface area contributed by atoms with Crippen molar-refractivity contribution < 1.29 is 18.7 Å². The van der Waals surface area contributed by atoms with Crippen LogP contribution in [0, 0.1) is 0 Å². The summed E-state index contributed by atoms with van der Waals surface area (Å²) in [6, 6.07) is 17.5. The summed E-state index contributed by atoms with van der Waals surface area (Å²) in [5.74, 6) is 0.433. The van der Waals surface area contributed by atoms with Gasteiger partial charge in [-0.2, -0.15) is 0 Å². The number of para-hydroxylation sites is 1. The van der Waals surface area contributed by atoms with Crippen LogP contribution < -0.4 is 15.4 Å². The number of hydrogen-bond donors (Lipinski definition) is 2. The zero-order valence-electron chi connectivity index (χ0n) is 14.2. The lowest BCUT2D eigenvalue weighted by atomic mass is 10.1. The molecule has 0 saturated heterocycles. The molecule has 3 aromatic rings. The van der Waals surface area contributed by atoms with E-state index in [0.717, 1.165) is 5.56 Å². The third-order valence-corrected chi connectivity index (χ3v) is 3.72. The summed E-state index contributed by atoms with van der Waals surface area (Å²) in [4.78, 5) is 24.1. The zero-order chi connectivity index (χ0) is 18.4. The van der Waals surface area contributed by atoms with Gasteiger partial charge in [0.1, 0.15) is 5.75 Å². The monoisotopic (exact) mass is 350 g/mol. The normalized spacial score (nSPS) is 10.2. The first-order valence-electron chi connectivity index (χ1n) is 8.02. The van der Waals surface area contributed by atoms with Crippen molar-refractivity contribution in [2.45, 2.75) is 6.42 Å². The highest BCUT2D eigenvalue weighted by Crippen LogP contribution is 2.19. The van der Waals surface area contributed by atoms with Crippen LogP contribution in [0.4, 0.5) is 11.4 Å². The molecule has 0 spiro atoms. The van der Waals surface area contributed by atoms with Crippen molar-refractivity contribution in [2.75, 3.05) is 17.7 Å². The summed E-state index contributed by atoms with van der Waals surface area (Å²) < 4.78 is 10.3.